The molecule has 0 aliphatic carbocycles. The number of benzene rings is 5. The smallest absolute Gasteiger partial charge is 0.252 e. The molecule has 28 nitrogen and oxygen atoms in total. The number of unbranched alkanes of at least 4 members (excludes halogenated alkanes) is 2. The number of rotatable bonds is 14. The molecule has 1 aromatic heterocycles. The van der Waals surface area contributed by atoms with Gasteiger partial charge < -0.3 is 74.3 Å². The Kier molecular flexibility index (Phi) is 27.2. The average molecular weight is 1370 g/mol. The molecule has 0 radical (unpaired) electrons. The standard InChI is InChI=1S/C72H84N14O14/c1-3-4-9-24-52-67(95)83-57(37-50-38-74-41-77-50)71(99)85-58(62(73)90)39-75-64(92)48-34-47-35-49(36-48)65(93)86-61(46-22-14-7-15-23-46)72(100)84-55(32-44-20-12-6-13-21-44)69(97)78-42(2)63(91)80-53(25-16-8-17-26-59(47)88)68(96)82-56(33-45-27-29-51(87)30-28-45)70(98)81-54(31-43-18-10-5-11-19-43)66(94)76-40-60(89)79-52/h5-7,10-15,18-23,27-30,34-36,38,41-42,52-58,61,87H,3-4,8-9,16-17,24-26,31-33,37,39-40H2,1-2H3,(H2,73,90)(H,74,77)(H,75,92)(H,76,94)(H,78,97)(H,79,89)(H,80,91)(H,81,98)(H,82,96)(H,83,95)(H,84,100)(H,85,99)(H,86,93)/t42-,52-,53?,54-,55+,56?,57+,58+,61+/m1/s1. The van der Waals surface area contributed by atoms with Gasteiger partial charge in [0.05, 0.1) is 18.6 Å². The number of fused-ring (bicyclic) bond motifs is 8. The molecule has 0 spiro atoms. The largest absolute Gasteiger partial charge is 0.508 e. The molecule has 2 unspecified atom stereocenters. The second-order valence-electron chi connectivity index (χ2n) is 24.7. The molecule has 12 amide bonds. The van der Waals surface area contributed by atoms with Gasteiger partial charge in [-0.25, -0.2) is 4.98 Å². The van der Waals surface area contributed by atoms with Gasteiger partial charge in [-0.2, -0.15) is 0 Å². The Labute approximate surface area is 577 Å². The van der Waals surface area contributed by atoms with E-state index in [-0.39, 0.29) is 97.9 Å². The molecule has 2 aliphatic rings. The summed E-state index contributed by atoms with van der Waals surface area (Å²) < 4.78 is 0. The minimum Gasteiger partial charge on any atom is -0.508 e. The van der Waals surface area contributed by atoms with E-state index in [0.29, 0.717) is 36.0 Å². The molecule has 0 saturated carbocycles. The van der Waals surface area contributed by atoms with E-state index < -0.39 is 144 Å². The lowest BCUT2D eigenvalue weighted by Crippen LogP contribution is -2.60. The molecule has 526 valence electrons. The van der Waals surface area contributed by atoms with Gasteiger partial charge >= 0.3 is 0 Å². The number of primary amides is 1. The van der Waals surface area contributed by atoms with E-state index in [0.717, 1.165) is 6.07 Å². The zero-order valence-corrected chi connectivity index (χ0v) is 55.4. The van der Waals surface area contributed by atoms with Gasteiger partial charge in [-0.05, 0) is 78.8 Å². The Morgan fingerprint density at radius 1 is 0.510 bits per heavy atom. The van der Waals surface area contributed by atoms with Gasteiger partial charge in [-0.15, -0.1) is 0 Å². The number of phenolic OH excluding ortho intramolecular Hbond substituents is 1. The van der Waals surface area contributed by atoms with Crippen LogP contribution >= 0.6 is 0 Å². The van der Waals surface area contributed by atoms with E-state index in [4.69, 9.17) is 5.73 Å². The van der Waals surface area contributed by atoms with Crippen molar-refractivity contribution in [3.63, 3.8) is 0 Å². The molecule has 4 bridgehead atoms. The lowest BCUT2D eigenvalue weighted by atomic mass is 9.97. The fourth-order valence-electron chi connectivity index (χ4n) is 11.4. The van der Waals surface area contributed by atoms with Crippen molar-refractivity contribution in [2.45, 2.75) is 152 Å². The number of nitrogens with one attached hydrogen (secondary N) is 12. The third-order valence-electron chi connectivity index (χ3n) is 17.0. The Morgan fingerprint density at radius 3 is 1.66 bits per heavy atom. The van der Waals surface area contributed by atoms with Crippen molar-refractivity contribution in [2.75, 3.05) is 13.1 Å². The summed E-state index contributed by atoms with van der Waals surface area (Å²) in [6.45, 7) is 1.88. The number of imidazole rings is 1. The van der Waals surface area contributed by atoms with E-state index >= 15 is 0 Å². The number of aromatic amines is 1. The van der Waals surface area contributed by atoms with Gasteiger partial charge in [0, 0.05) is 61.5 Å². The van der Waals surface area contributed by atoms with Gasteiger partial charge in [0.1, 0.15) is 60.1 Å². The molecule has 0 fully saturated rings. The van der Waals surface area contributed by atoms with Crippen molar-refractivity contribution in [3.05, 3.63) is 191 Å². The Hall–Kier alpha value is -11.6. The topological polar surface area (TPSA) is 429 Å². The number of phenols is 1. The third kappa shape index (κ3) is 22.2. The minimum atomic E-state index is -1.67. The van der Waals surface area contributed by atoms with Crippen LogP contribution in [0.15, 0.2) is 146 Å². The number of H-pyrrole nitrogens is 1. The summed E-state index contributed by atoms with van der Waals surface area (Å²) in [5.41, 5.74) is 7.26. The maximum atomic E-state index is 15.0. The second kappa shape index (κ2) is 36.7. The van der Waals surface area contributed by atoms with Crippen LogP contribution in [0.4, 0.5) is 0 Å². The maximum Gasteiger partial charge on any atom is 0.252 e. The molecule has 8 rings (SSSR count). The molecule has 3 heterocycles. The molecular formula is C72H84N14O14. The number of nitrogens with two attached hydrogens (primary N) is 1. The fraction of sp³-hybridized carbons (Fsp3) is 0.361. The fourth-order valence-corrected chi connectivity index (χ4v) is 11.4. The highest BCUT2D eigenvalue weighted by molar-refractivity contribution is 6.07. The normalized spacial score (nSPS) is 22.7. The zero-order valence-electron chi connectivity index (χ0n) is 55.4. The monoisotopic (exact) mass is 1370 g/mol. The van der Waals surface area contributed by atoms with Crippen molar-refractivity contribution in [3.8, 4) is 5.75 Å². The minimum absolute atomic E-state index is 0.0573. The van der Waals surface area contributed by atoms with Crippen LogP contribution in [0.5, 0.6) is 5.75 Å². The summed E-state index contributed by atoms with van der Waals surface area (Å²) in [4.78, 5) is 195. The lowest BCUT2D eigenvalue weighted by molar-refractivity contribution is -0.135. The number of hydrogen-bond acceptors (Lipinski definition) is 15. The Morgan fingerprint density at radius 2 is 1.05 bits per heavy atom. The highest BCUT2D eigenvalue weighted by Gasteiger charge is 2.36. The number of carbonyl (C=O) groups excluding carboxylic acids is 13. The summed E-state index contributed by atoms with van der Waals surface area (Å²) in [6, 6.07) is 21.2. The van der Waals surface area contributed by atoms with Crippen LogP contribution < -0.4 is 64.2 Å². The highest BCUT2D eigenvalue weighted by atomic mass is 16.3. The van der Waals surface area contributed by atoms with Crippen LogP contribution in [-0.2, 0) is 73.6 Å². The van der Waals surface area contributed by atoms with Gasteiger partial charge in [0.25, 0.3) is 11.8 Å². The molecule has 100 heavy (non-hydrogen) atoms. The van der Waals surface area contributed by atoms with Crippen LogP contribution in [0.1, 0.15) is 137 Å². The Bertz CT molecular complexity index is 3880. The predicted molar refractivity (Wildman–Crippen MR) is 365 cm³/mol. The summed E-state index contributed by atoms with van der Waals surface area (Å²) in [5, 5.41) is 39.5. The number of amides is 12. The first kappa shape index (κ1) is 74.2. The summed E-state index contributed by atoms with van der Waals surface area (Å²) >= 11 is 0. The molecule has 9 atom stereocenters. The van der Waals surface area contributed by atoms with Crippen LogP contribution in [-0.4, -0.2) is 153 Å². The first-order valence-corrected chi connectivity index (χ1v) is 33.3. The number of nitrogens with zero attached hydrogens (tertiary/aromatic N) is 1. The summed E-state index contributed by atoms with van der Waals surface area (Å²) in [5.74, 6) is -11.6. The number of aromatic hydroxyl groups is 1. The highest BCUT2D eigenvalue weighted by Crippen LogP contribution is 2.21. The van der Waals surface area contributed by atoms with E-state index in [9.17, 15) is 67.4 Å². The quantitative estimate of drug-likeness (QED) is 0.0688. The number of carbonyl (C=O) groups is 13. The van der Waals surface area contributed by atoms with E-state index in [1.807, 2.05) is 6.92 Å². The van der Waals surface area contributed by atoms with Gasteiger partial charge in [0.2, 0.25) is 59.1 Å². The molecule has 6 aromatic rings. The predicted octanol–water partition coefficient (Wildman–Crippen LogP) is 1.53. The van der Waals surface area contributed by atoms with Crippen molar-refractivity contribution in [2.24, 2.45) is 5.73 Å². The molecular weight excluding hydrogens is 1280 g/mol. The molecule has 0 saturated heterocycles. The number of ketones is 1. The first-order chi connectivity index (χ1) is 48.1. The summed E-state index contributed by atoms with van der Waals surface area (Å²) in [6.07, 6.45) is 4.05. The lowest BCUT2D eigenvalue weighted by Gasteiger charge is -2.27. The van der Waals surface area contributed by atoms with Gasteiger partial charge in [0.15, 0.2) is 5.78 Å². The Balaban J connectivity index is 1.22. The van der Waals surface area contributed by atoms with Crippen molar-refractivity contribution >= 4 is 76.7 Å². The van der Waals surface area contributed by atoms with E-state index in [1.165, 1.54) is 55.8 Å². The van der Waals surface area contributed by atoms with Gasteiger partial charge in [-0.3, -0.25) is 62.3 Å². The second-order valence-corrected chi connectivity index (χ2v) is 24.7. The average Bonchev–Trinajstić information content (AvgIpc) is 0.883. The van der Waals surface area contributed by atoms with Crippen LogP contribution in [0.25, 0.3) is 0 Å². The third-order valence-corrected chi connectivity index (χ3v) is 17.0. The number of Topliss-reactive ketones (excluding diaryl/α,β-unsaturated/α-hetero) is 1. The number of hydrogen-bond donors (Lipinski definition) is 14. The van der Waals surface area contributed by atoms with Crippen LogP contribution in [0, 0.1) is 0 Å². The van der Waals surface area contributed by atoms with E-state index in [1.54, 1.807) is 91.0 Å². The molecule has 15 N–H and O–H groups in total. The van der Waals surface area contributed by atoms with Crippen LogP contribution in [0.3, 0.4) is 0 Å². The van der Waals surface area contributed by atoms with Crippen molar-refractivity contribution < 1.29 is 67.4 Å². The first-order valence-electron chi connectivity index (χ1n) is 33.3. The van der Waals surface area contributed by atoms with Crippen LogP contribution in [0.2, 0.25) is 0 Å². The zero-order chi connectivity index (χ0) is 71.7. The van der Waals surface area contributed by atoms with E-state index in [2.05, 4.69) is 68.5 Å². The van der Waals surface area contributed by atoms with Gasteiger partial charge in [-0.1, -0.05) is 142 Å². The van der Waals surface area contributed by atoms with Crippen molar-refractivity contribution in [1.82, 2.24) is 68.5 Å². The molecule has 5 aromatic carbocycles. The summed E-state index contributed by atoms with van der Waals surface area (Å²) in [7, 11) is 0. The number of aromatic nitrogens is 2. The maximum absolute atomic E-state index is 15.0. The SMILES string of the molecule is CCCCC[C@H]1NC(=O)CNC(=O)[C@@H](Cc2ccccc2)NC(=O)C(Cc2ccc(O)cc2)NC(=O)C2CCCCCC(=O)c3cc(cc(c3)C(=O)N[C@@H](c3ccccc3)C(=O)N[C@@H](Cc3ccccc3)C(=O)N[C@H](C)C(=O)N2)C(=O)NC[C@@H](C(N)=O)NC(=O)[C@H](Cc2c[nH]cn2)NC1=O. The molecule has 28 heteroatoms. The van der Waals surface area contributed by atoms with Crippen molar-refractivity contribution in [1.29, 1.82) is 0 Å². The molecule has 2 aliphatic heterocycles.